The number of anilines is 1. The first-order valence-corrected chi connectivity index (χ1v) is 9.72. The maximum atomic E-state index is 13.2. The molecule has 0 bridgehead atoms. The van der Waals surface area contributed by atoms with Gasteiger partial charge in [0, 0.05) is 36.3 Å². The van der Waals surface area contributed by atoms with Crippen LogP contribution in [0, 0.1) is 5.82 Å². The summed E-state index contributed by atoms with van der Waals surface area (Å²) in [7, 11) is 1.96. The molecule has 3 aromatic carbocycles. The van der Waals surface area contributed by atoms with E-state index in [0.717, 1.165) is 33.1 Å². The first kappa shape index (κ1) is 18.1. The second-order valence-electron chi connectivity index (χ2n) is 7.21. The molecule has 0 fully saturated rings. The highest BCUT2D eigenvalue weighted by molar-refractivity contribution is 5.99. The Morgan fingerprint density at radius 3 is 2.50 bits per heavy atom. The highest BCUT2D eigenvalue weighted by Gasteiger charge is 2.08. The lowest BCUT2D eigenvalue weighted by Crippen LogP contribution is -1.99. The van der Waals surface area contributed by atoms with Gasteiger partial charge in [-0.3, -0.25) is 0 Å². The van der Waals surface area contributed by atoms with Crippen LogP contribution in [0.5, 0.6) is 0 Å². The molecular formula is C24H20FN5. The van der Waals surface area contributed by atoms with Crippen LogP contribution in [0.4, 0.5) is 10.3 Å². The smallest absolute Gasteiger partial charge is 0.224 e. The topological polar surface area (TPSA) is 47.1 Å². The average molecular weight is 397 g/mol. The van der Waals surface area contributed by atoms with Crippen molar-refractivity contribution in [2.45, 2.75) is 6.54 Å². The summed E-state index contributed by atoms with van der Waals surface area (Å²) in [6.07, 6.45) is 3.87. The number of aryl methyl sites for hydroxylation is 1. The number of hydrogen-bond acceptors (Lipinski definition) is 3. The molecule has 1 N–H and O–H groups in total. The first-order chi connectivity index (χ1) is 14.7. The summed E-state index contributed by atoms with van der Waals surface area (Å²) in [5.74, 6) is 0.458. The molecule has 0 saturated heterocycles. The van der Waals surface area contributed by atoms with Gasteiger partial charge in [-0.1, -0.05) is 42.5 Å². The molecule has 0 amide bonds. The number of halogens is 1. The molecule has 0 spiro atoms. The Bertz CT molecular complexity index is 1360. The van der Waals surface area contributed by atoms with E-state index < -0.39 is 0 Å². The largest absolute Gasteiger partial charge is 0.342 e. The summed E-state index contributed by atoms with van der Waals surface area (Å²) in [5.41, 5.74) is 8.17. The Labute approximate surface area is 173 Å². The van der Waals surface area contributed by atoms with E-state index in [1.54, 1.807) is 0 Å². The molecule has 0 aliphatic carbocycles. The number of hydrazone groups is 1. The zero-order chi connectivity index (χ0) is 20.5. The standard InChI is InChI=1S/C24H20FN5/c1-29-23-9-5-3-7-21(23)27-24(29)28-26-14-18-16-30(22-8-4-2-6-20(18)22)15-17-10-12-19(25)13-11-17/h2-14,16H,15H2,1H3,(H,27,28)/b26-14-. The van der Waals surface area contributed by atoms with Crippen molar-refractivity contribution in [2.75, 3.05) is 5.43 Å². The lowest BCUT2D eigenvalue weighted by molar-refractivity contribution is 0.626. The van der Waals surface area contributed by atoms with Gasteiger partial charge in [0.2, 0.25) is 5.95 Å². The normalized spacial score (nSPS) is 11.7. The van der Waals surface area contributed by atoms with E-state index in [2.05, 4.69) is 38.4 Å². The molecule has 0 aliphatic rings. The number of rotatable bonds is 5. The van der Waals surface area contributed by atoms with Gasteiger partial charge >= 0.3 is 0 Å². The van der Waals surface area contributed by atoms with Crippen LogP contribution >= 0.6 is 0 Å². The quantitative estimate of drug-likeness (QED) is 0.329. The van der Waals surface area contributed by atoms with E-state index in [-0.39, 0.29) is 5.82 Å². The van der Waals surface area contributed by atoms with Gasteiger partial charge in [-0.15, -0.1) is 0 Å². The van der Waals surface area contributed by atoms with Crippen LogP contribution in [0.3, 0.4) is 0 Å². The van der Waals surface area contributed by atoms with Gasteiger partial charge in [0.1, 0.15) is 5.82 Å². The Balaban J connectivity index is 1.43. The fourth-order valence-electron chi connectivity index (χ4n) is 3.70. The van der Waals surface area contributed by atoms with Gasteiger partial charge in [0.05, 0.1) is 17.2 Å². The third-order valence-electron chi connectivity index (χ3n) is 5.24. The van der Waals surface area contributed by atoms with Crippen molar-refractivity contribution in [1.82, 2.24) is 14.1 Å². The van der Waals surface area contributed by atoms with Crippen LogP contribution in [-0.2, 0) is 13.6 Å². The number of benzene rings is 3. The SMILES string of the molecule is Cn1c(N/N=C\c2cn(Cc3ccc(F)cc3)c3ccccc23)nc2ccccc21. The number of aromatic nitrogens is 3. The highest BCUT2D eigenvalue weighted by Crippen LogP contribution is 2.22. The van der Waals surface area contributed by atoms with Crippen LogP contribution in [-0.4, -0.2) is 20.3 Å². The third-order valence-corrected chi connectivity index (χ3v) is 5.24. The number of imidazole rings is 1. The van der Waals surface area contributed by atoms with E-state index in [1.807, 2.05) is 66.4 Å². The maximum absolute atomic E-state index is 13.2. The van der Waals surface area contributed by atoms with Crippen LogP contribution in [0.1, 0.15) is 11.1 Å². The zero-order valence-corrected chi connectivity index (χ0v) is 16.5. The number of nitrogens with one attached hydrogen (secondary N) is 1. The van der Waals surface area contributed by atoms with E-state index in [4.69, 9.17) is 0 Å². The fraction of sp³-hybridized carbons (Fsp3) is 0.0833. The molecule has 5 aromatic rings. The molecule has 2 heterocycles. The highest BCUT2D eigenvalue weighted by atomic mass is 19.1. The molecule has 30 heavy (non-hydrogen) atoms. The minimum absolute atomic E-state index is 0.225. The van der Waals surface area contributed by atoms with Crippen molar-refractivity contribution in [3.8, 4) is 0 Å². The van der Waals surface area contributed by atoms with Crippen LogP contribution in [0.15, 0.2) is 84.1 Å². The number of fused-ring (bicyclic) bond motifs is 2. The Kier molecular flexibility index (Phi) is 4.52. The minimum Gasteiger partial charge on any atom is -0.342 e. The Morgan fingerprint density at radius 2 is 1.70 bits per heavy atom. The fourth-order valence-corrected chi connectivity index (χ4v) is 3.70. The lowest BCUT2D eigenvalue weighted by atomic mass is 10.2. The summed E-state index contributed by atoms with van der Waals surface area (Å²) < 4.78 is 17.3. The van der Waals surface area contributed by atoms with Crippen molar-refractivity contribution >= 4 is 34.1 Å². The molecule has 0 radical (unpaired) electrons. The van der Waals surface area contributed by atoms with Gasteiger partial charge in [-0.05, 0) is 35.9 Å². The average Bonchev–Trinajstić information content (AvgIpc) is 3.28. The van der Waals surface area contributed by atoms with Crippen molar-refractivity contribution in [2.24, 2.45) is 12.1 Å². The molecule has 0 unspecified atom stereocenters. The molecule has 0 atom stereocenters. The summed E-state index contributed by atoms with van der Waals surface area (Å²) in [6, 6.07) is 22.8. The monoisotopic (exact) mass is 397 g/mol. The minimum atomic E-state index is -0.225. The Hall–Kier alpha value is -3.93. The molecule has 5 nitrogen and oxygen atoms in total. The van der Waals surface area contributed by atoms with Crippen molar-refractivity contribution < 1.29 is 4.39 Å². The summed E-state index contributed by atoms with van der Waals surface area (Å²) in [5, 5.41) is 5.54. The predicted molar refractivity (Wildman–Crippen MR) is 119 cm³/mol. The summed E-state index contributed by atoms with van der Waals surface area (Å²) in [4.78, 5) is 4.58. The maximum Gasteiger partial charge on any atom is 0.224 e. The van der Waals surface area contributed by atoms with Gasteiger partial charge in [0.15, 0.2) is 0 Å². The second-order valence-corrected chi connectivity index (χ2v) is 7.21. The van der Waals surface area contributed by atoms with Gasteiger partial charge in [-0.2, -0.15) is 5.10 Å². The van der Waals surface area contributed by atoms with E-state index in [9.17, 15) is 4.39 Å². The third kappa shape index (κ3) is 3.33. The van der Waals surface area contributed by atoms with Gasteiger partial charge in [-0.25, -0.2) is 14.8 Å². The summed E-state index contributed by atoms with van der Waals surface area (Å²) in [6.45, 7) is 0.660. The molecule has 5 rings (SSSR count). The van der Waals surface area contributed by atoms with Gasteiger partial charge in [0.25, 0.3) is 0 Å². The molecule has 148 valence electrons. The molecule has 0 saturated carbocycles. The van der Waals surface area contributed by atoms with Crippen LogP contribution in [0.25, 0.3) is 21.9 Å². The van der Waals surface area contributed by atoms with E-state index in [0.29, 0.717) is 12.5 Å². The number of para-hydroxylation sites is 3. The predicted octanol–water partition coefficient (Wildman–Crippen LogP) is 5.16. The van der Waals surface area contributed by atoms with E-state index in [1.165, 1.54) is 12.1 Å². The first-order valence-electron chi connectivity index (χ1n) is 9.72. The van der Waals surface area contributed by atoms with Crippen LogP contribution < -0.4 is 5.43 Å². The van der Waals surface area contributed by atoms with Crippen LogP contribution in [0.2, 0.25) is 0 Å². The summed E-state index contributed by atoms with van der Waals surface area (Å²) >= 11 is 0. The van der Waals surface area contributed by atoms with E-state index >= 15 is 0 Å². The number of nitrogens with zero attached hydrogens (tertiary/aromatic N) is 4. The molecule has 0 aliphatic heterocycles. The molecule has 2 aromatic heterocycles. The Morgan fingerprint density at radius 1 is 0.967 bits per heavy atom. The van der Waals surface area contributed by atoms with Crippen molar-refractivity contribution in [3.05, 3.63) is 95.9 Å². The molecule has 6 heteroatoms. The number of hydrogen-bond donors (Lipinski definition) is 1. The van der Waals surface area contributed by atoms with Crippen molar-refractivity contribution in [1.29, 1.82) is 0 Å². The van der Waals surface area contributed by atoms with Crippen molar-refractivity contribution in [3.63, 3.8) is 0 Å². The molecular weight excluding hydrogens is 377 g/mol. The second kappa shape index (κ2) is 7.48. The van der Waals surface area contributed by atoms with Gasteiger partial charge < -0.3 is 9.13 Å². The zero-order valence-electron chi connectivity index (χ0n) is 16.5. The lowest BCUT2D eigenvalue weighted by Gasteiger charge is -2.05.